The molecular formula is C14H11ClN2O4. The predicted octanol–water partition coefficient (Wildman–Crippen LogP) is 4.00. The van der Waals surface area contributed by atoms with Crippen LogP contribution in [0.15, 0.2) is 36.4 Å². The first-order valence-electron chi connectivity index (χ1n) is 5.93. The van der Waals surface area contributed by atoms with Crippen LogP contribution in [0.2, 0.25) is 5.02 Å². The number of carbonyl (C=O) groups is 1. The van der Waals surface area contributed by atoms with Crippen molar-refractivity contribution in [2.24, 2.45) is 0 Å². The first kappa shape index (κ1) is 14.8. The molecule has 0 atom stereocenters. The maximum Gasteiger partial charge on any atom is 0.337 e. The van der Waals surface area contributed by atoms with Gasteiger partial charge in [-0.05, 0) is 36.8 Å². The molecule has 7 heteroatoms. The van der Waals surface area contributed by atoms with E-state index in [0.717, 1.165) is 5.56 Å². The zero-order chi connectivity index (χ0) is 15.6. The minimum atomic E-state index is -1.16. The number of carboxylic acids is 1. The van der Waals surface area contributed by atoms with Crippen LogP contribution in [0.1, 0.15) is 15.9 Å². The van der Waals surface area contributed by atoms with Gasteiger partial charge in [0.15, 0.2) is 0 Å². The van der Waals surface area contributed by atoms with Crippen molar-refractivity contribution in [2.75, 3.05) is 5.32 Å². The molecule has 0 unspecified atom stereocenters. The molecule has 0 saturated carbocycles. The number of carboxylic acid groups (broad SMARTS) is 1. The monoisotopic (exact) mass is 306 g/mol. The number of nitrogens with zero attached hydrogens (tertiary/aromatic N) is 1. The van der Waals surface area contributed by atoms with Gasteiger partial charge in [-0.1, -0.05) is 17.7 Å². The molecule has 0 saturated heterocycles. The summed E-state index contributed by atoms with van der Waals surface area (Å²) in [6, 6.07) is 9.04. The van der Waals surface area contributed by atoms with E-state index in [1.54, 1.807) is 25.1 Å². The lowest BCUT2D eigenvalue weighted by Gasteiger charge is -2.09. The summed E-state index contributed by atoms with van der Waals surface area (Å²) in [5, 5.41) is 23.0. The average molecular weight is 307 g/mol. The van der Waals surface area contributed by atoms with Crippen LogP contribution in [0.3, 0.4) is 0 Å². The number of aromatic carboxylic acids is 1. The molecule has 0 spiro atoms. The van der Waals surface area contributed by atoms with Crippen LogP contribution in [0.4, 0.5) is 17.1 Å². The van der Waals surface area contributed by atoms with Gasteiger partial charge in [-0.25, -0.2) is 4.79 Å². The highest BCUT2D eigenvalue weighted by Crippen LogP contribution is 2.30. The molecule has 0 bridgehead atoms. The summed E-state index contributed by atoms with van der Waals surface area (Å²) in [7, 11) is 0. The molecule has 6 nitrogen and oxygen atoms in total. The van der Waals surface area contributed by atoms with Gasteiger partial charge in [0.25, 0.3) is 5.69 Å². The summed E-state index contributed by atoms with van der Waals surface area (Å²) in [6.45, 7) is 1.75. The van der Waals surface area contributed by atoms with E-state index in [9.17, 15) is 14.9 Å². The first-order chi connectivity index (χ1) is 9.88. The number of benzene rings is 2. The number of nitrogens with one attached hydrogen (secondary N) is 1. The van der Waals surface area contributed by atoms with Crippen molar-refractivity contribution in [2.45, 2.75) is 6.92 Å². The summed E-state index contributed by atoms with van der Waals surface area (Å²) < 4.78 is 0. The molecule has 2 N–H and O–H groups in total. The van der Waals surface area contributed by atoms with Gasteiger partial charge >= 0.3 is 5.97 Å². The number of aryl methyl sites for hydroxylation is 1. The van der Waals surface area contributed by atoms with Crippen molar-refractivity contribution in [3.63, 3.8) is 0 Å². The first-order valence-corrected chi connectivity index (χ1v) is 6.31. The topological polar surface area (TPSA) is 92.5 Å². The average Bonchev–Trinajstić information content (AvgIpc) is 2.42. The number of halogens is 1. The van der Waals surface area contributed by atoms with E-state index in [1.165, 1.54) is 18.2 Å². The second kappa shape index (κ2) is 5.80. The molecule has 2 rings (SSSR count). The number of hydrogen-bond acceptors (Lipinski definition) is 4. The van der Waals surface area contributed by atoms with E-state index >= 15 is 0 Å². The summed E-state index contributed by atoms with van der Waals surface area (Å²) in [6.07, 6.45) is 0. The molecule has 21 heavy (non-hydrogen) atoms. The minimum absolute atomic E-state index is 0.0727. The molecule has 2 aromatic rings. The normalized spacial score (nSPS) is 10.2. The standard InChI is InChI=1S/C14H11ClN2O4/c1-8-2-5-12(13(6-8)17(20)21)16-9-3-4-11(15)10(7-9)14(18)19/h2-7,16H,1H3,(H,18,19). The summed E-state index contributed by atoms with van der Waals surface area (Å²) in [5.41, 5.74) is 1.29. The molecule has 0 aliphatic heterocycles. The molecule has 108 valence electrons. The minimum Gasteiger partial charge on any atom is -0.478 e. The smallest absolute Gasteiger partial charge is 0.337 e. The van der Waals surface area contributed by atoms with E-state index in [-0.39, 0.29) is 22.0 Å². The fraction of sp³-hybridized carbons (Fsp3) is 0.0714. The zero-order valence-corrected chi connectivity index (χ0v) is 11.7. The number of nitro groups is 1. The Bertz CT molecular complexity index is 731. The third-order valence-corrected chi connectivity index (χ3v) is 3.16. The third kappa shape index (κ3) is 3.29. The number of nitro benzene ring substituents is 1. The van der Waals surface area contributed by atoms with Crippen molar-refractivity contribution in [3.8, 4) is 0 Å². The van der Waals surface area contributed by atoms with Gasteiger partial charge in [-0.15, -0.1) is 0 Å². The molecule has 0 amide bonds. The van der Waals surface area contributed by atoms with Crippen molar-refractivity contribution in [3.05, 3.63) is 62.7 Å². The van der Waals surface area contributed by atoms with Crippen LogP contribution in [-0.4, -0.2) is 16.0 Å². The molecular weight excluding hydrogens is 296 g/mol. The second-order valence-electron chi connectivity index (χ2n) is 4.40. The number of rotatable bonds is 4. The van der Waals surface area contributed by atoms with Crippen LogP contribution in [0.5, 0.6) is 0 Å². The Labute approximate surface area is 125 Å². The van der Waals surface area contributed by atoms with Crippen LogP contribution in [-0.2, 0) is 0 Å². The lowest BCUT2D eigenvalue weighted by molar-refractivity contribution is -0.384. The summed E-state index contributed by atoms with van der Waals surface area (Å²) in [5.74, 6) is -1.16. The maximum absolute atomic E-state index is 11.0. The van der Waals surface area contributed by atoms with Gasteiger partial charge in [0, 0.05) is 11.8 Å². The Balaban J connectivity index is 2.41. The predicted molar refractivity (Wildman–Crippen MR) is 79.5 cm³/mol. The second-order valence-corrected chi connectivity index (χ2v) is 4.81. The van der Waals surface area contributed by atoms with Crippen LogP contribution >= 0.6 is 11.6 Å². The number of anilines is 2. The lowest BCUT2D eigenvalue weighted by Crippen LogP contribution is -2.01. The third-order valence-electron chi connectivity index (χ3n) is 2.83. The van der Waals surface area contributed by atoms with E-state index in [1.807, 2.05) is 0 Å². The number of hydrogen-bond donors (Lipinski definition) is 2. The highest BCUT2D eigenvalue weighted by atomic mass is 35.5. The SMILES string of the molecule is Cc1ccc(Nc2ccc(Cl)c(C(=O)O)c2)c([N+](=O)[O-])c1. The van der Waals surface area contributed by atoms with Gasteiger partial charge in [0.1, 0.15) is 5.69 Å². The van der Waals surface area contributed by atoms with Crippen molar-refractivity contribution in [1.29, 1.82) is 0 Å². The Morgan fingerprint density at radius 2 is 2.00 bits per heavy atom. The van der Waals surface area contributed by atoms with Gasteiger partial charge in [-0.2, -0.15) is 0 Å². The van der Waals surface area contributed by atoms with Crippen LogP contribution < -0.4 is 5.32 Å². The Hall–Kier alpha value is -2.60. The summed E-state index contributed by atoms with van der Waals surface area (Å²) in [4.78, 5) is 21.6. The van der Waals surface area contributed by atoms with Gasteiger partial charge in [0.2, 0.25) is 0 Å². The Morgan fingerprint density at radius 1 is 1.29 bits per heavy atom. The molecule has 2 aromatic carbocycles. The fourth-order valence-corrected chi connectivity index (χ4v) is 2.02. The molecule has 0 aliphatic carbocycles. The van der Waals surface area contributed by atoms with Gasteiger partial charge in [0.05, 0.1) is 15.5 Å². The highest BCUT2D eigenvalue weighted by Gasteiger charge is 2.15. The van der Waals surface area contributed by atoms with E-state index in [2.05, 4.69) is 5.32 Å². The van der Waals surface area contributed by atoms with E-state index in [0.29, 0.717) is 5.69 Å². The lowest BCUT2D eigenvalue weighted by atomic mass is 10.1. The molecule has 0 aliphatic rings. The van der Waals surface area contributed by atoms with Gasteiger partial charge < -0.3 is 10.4 Å². The maximum atomic E-state index is 11.0. The largest absolute Gasteiger partial charge is 0.478 e. The van der Waals surface area contributed by atoms with Crippen molar-refractivity contribution in [1.82, 2.24) is 0 Å². The fourth-order valence-electron chi connectivity index (χ4n) is 1.82. The quantitative estimate of drug-likeness (QED) is 0.658. The molecule has 0 fully saturated rings. The Morgan fingerprint density at radius 3 is 2.62 bits per heavy atom. The van der Waals surface area contributed by atoms with E-state index < -0.39 is 10.9 Å². The van der Waals surface area contributed by atoms with Crippen molar-refractivity contribution < 1.29 is 14.8 Å². The Kier molecular flexibility index (Phi) is 4.09. The van der Waals surface area contributed by atoms with Crippen LogP contribution in [0.25, 0.3) is 0 Å². The zero-order valence-electron chi connectivity index (χ0n) is 11.0. The molecule has 0 aromatic heterocycles. The van der Waals surface area contributed by atoms with Gasteiger partial charge in [-0.3, -0.25) is 10.1 Å². The van der Waals surface area contributed by atoms with Crippen molar-refractivity contribution >= 4 is 34.6 Å². The molecule has 0 heterocycles. The highest BCUT2D eigenvalue weighted by molar-refractivity contribution is 6.33. The van der Waals surface area contributed by atoms with E-state index in [4.69, 9.17) is 16.7 Å². The van der Waals surface area contributed by atoms with Crippen LogP contribution in [0, 0.1) is 17.0 Å². The summed E-state index contributed by atoms with van der Waals surface area (Å²) >= 11 is 5.78. The molecule has 0 radical (unpaired) electrons.